The predicted octanol–water partition coefficient (Wildman–Crippen LogP) is 3.81. The van der Waals surface area contributed by atoms with E-state index in [9.17, 15) is 4.79 Å². The van der Waals surface area contributed by atoms with E-state index in [-0.39, 0.29) is 5.91 Å². The standard InChI is InChI=1S/C19H21NO2/c1-2-14-22-18-11-8-16(9-12-18)10-13-19(21)20-15-17-6-4-3-5-7-17/h3-13H,2,14-15H2,1H3,(H,20,21)/b13-10+. The molecule has 0 aromatic heterocycles. The Morgan fingerprint density at radius 3 is 2.50 bits per heavy atom. The van der Waals surface area contributed by atoms with Gasteiger partial charge in [0, 0.05) is 12.6 Å². The molecule has 0 unspecified atom stereocenters. The molecule has 0 saturated carbocycles. The van der Waals surface area contributed by atoms with E-state index >= 15 is 0 Å². The zero-order valence-electron chi connectivity index (χ0n) is 12.8. The highest BCUT2D eigenvalue weighted by Gasteiger charge is 1.97. The van der Waals surface area contributed by atoms with E-state index in [1.54, 1.807) is 12.2 Å². The first kappa shape index (κ1) is 15.8. The largest absolute Gasteiger partial charge is 0.494 e. The molecule has 2 aromatic rings. The average molecular weight is 295 g/mol. The molecule has 3 heteroatoms. The molecule has 2 aromatic carbocycles. The van der Waals surface area contributed by atoms with Crippen molar-refractivity contribution in [1.29, 1.82) is 0 Å². The Balaban J connectivity index is 1.81. The molecule has 0 bridgehead atoms. The van der Waals surface area contributed by atoms with Gasteiger partial charge in [0.25, 0.3) is 0 Å². The Morgan fingerprint density at radius 1 is 1.09 bits per heavy atom. The molecule has 0 fully saturated rings. The van der Waals surface area contributed by atoms with Crippen molar-refractivity contribution in [2.45, 2.75) is 19.9 Å². The minimum absolute atomic E-state index is 0.102. The quantitative estimate of drug-likeness (QED) is 0.789. The molecule has 1 N–H and O–H groups in total. The van der Waals surface area contributed by atoms with Crippen LogP contribution in [0.25, 0.3) is 6.08 Å². The van der Waals surface area contributed by atoms with Crippen LogP contribution in [0.2, 0.25) is 0 Å². The fraction of sp³-hybridized carbons (Fsp3) is 0.211. The van der Waals surface area contributed by atoms with Crippen molar-refractivity contribution in [3.05, 3.63) is 71.8 Å². The molecule has 2 rings (SSSR count). The first-order valence-corrected chi connectivity index (χ1v) is 7.50. The van der Waals surface area contributed by atoms with Crippen LogP contribution in [0.15, 0.2) is 60.7 Å². The van der Waals surface area contributed by atoms with E-state index in [0.29, 0.717) is 6.54 Å². The van der Waals surface area contributed by atoms with Crippen LogP contribution in [0.1, 0.15) is 24.5 Å². The van der Waals surface area contributed by atoms with Crippen LogP contribution in [0, 0.1) is 0 Å². The molecule has 114 valence electrons. The summed E-state index contributed by atoms with van der Waals surface area (Å²) in [5, 5.41) is 2.86. The molecule has 0 aliphatic carbocycles. The lowest BCUT2D eigenvalue weighted by molar-refractivity contribution is -0.116. The number of carbonyl (C=O) groups excluding carboxylic acids is 1. The number of benzene rings is 2. The fourth-order valence-corrected chi connectivity index (χ4v) is 1.91. The highest BCUT2D eigenvalue weighted by Crippen LogP contribution is 2.13. The molecule has 0 radical (unpaired) electrons. The molecule has 0 aliphatic heterocycles. The number of rotatable bonds is 7. The van der Waals surface area contributed by atoms with Crippen LogP contribution in [0.4, 0.5) is 0 Å². The van der Waals surface area contributed by atoms with Gasteiger partial charge >= 0.3 is 0 Å². The van der Waals surface area contributed by atoms with E-state index in [1.165, 1.54) is 0 Å². The number of hydrogen-bond donors (Lipinski definition) is 1. The minimum Gasteiger partial charge on any atom is -0.494 e. The lowest BCUT2D eigenvalue weighted by atomic mass is 10.2. The van der Waals surface area contributed by atoms with E-state index in [2.05, 4.69) is 12.2 Å². The Hall–Kier alpha value is -2.55. The number of nitrogens with one attached hydrogen (secondary N) is 1. The molecule has 0 saturated heterocycles. The van der Waals surface area contributed by atoms with Crippen LogP contribution in [0.3, 0.4) is 0 Å². The second kappa shape index (κ2) is 8.67. The summed E-state index contributed by atoms with van der Waals surface area (Å²) in [6, 6.07) is 17.5. The molecule has 0 spiro atoms. The molecule has 0 atom stereocenters. The van der Waals surface area contributed by atoms with Gasteiger partial charge in [0.1, 0.15) is 5.75 Å². The van der Waals surface area contributed by atoms with Gasteiger partial charge in [-0.05, 0) is 35.8 Å². The van der Waals surface area contributed by atoms with Crippen molar-refractivity contribution >= 4 is 12.0 Å². The highest BCUT2D eigenvalue weighted by molar-refractivity contribution is 5.91. The second-order valence-electron chi connectivity index (χ2n) is 4.95. The second-order valence-corrected chi connectivity index (χ2v) is 4.95. The molecular weight excluding hydrogens is 274 g/mol. The van der Waals surface area contributed by atoms with E-state index in [1.807, 2.05) is 54.6 Å². The van der Waals surface area contributed by atoms with Gasteiger partial charge in [-0.2, -0.15) is 0 Å². The summed E-state index contributed by atoms with van der Waals surface area (Å²) in [5.74, 6) is 0.752. The van der Waals surface area contributed by atoms with Gasteiger partial charge in [-0.1, -0.05) is 49.4 Å². The van der Waals surface area contributed by atoms with Gasteiger partial charge in [0.2, 0.25) is 5.91 Å². The van der Waals surface area contributed by atoms with E-state index in [0.717, 1.165) is 29.9 Å². The highest BCUT2D eigenvalue weighted by atomic mass is 16.5. The van der Waals surface area contributed by atoms with Gasteiger partial charge in [-0.25, -0.2) is 0 Å². The van der Waals surface area contributed by atoms with Crippen molar-refractivity contribution < 1.29 is 9.53 Å². The molecule has 0 heterocycles. The van der Waals surface area contributed by atoms with Crippen molar-refractivity contribution in [2.24, 2.45) is 0 Å². The lowest BCUT2D eigenvalue weighted by Crippen LogP contribution is -2.20. The lowest BCUT2D eigenvalue weighted by Gasteiger charge is -2.04. The predicted molar refractivity (Wildman–Crippen MR) is 89.6 cm³/mol. The monoisotopic (exact) mass is 295 g/mol. The van der Waals surface area contributed by atoms with Gasteiger partial charge in [-0.15, -0.1) is 0 Å². The Bertz CT molecular complexity index is 603. The zero-order chi connectivity index (χ0) is 15.6. The maximum Gasteiger partial charge on any atom is 0.244 e. The normalized spacial score (nSPS) is 10.6. The maximum atomic E-state index is 11.8. The first-order valence-electron chi connectivity index (χ1n) is 7.50. The van der Waals surface area contributed by atoms with Crippen molar-refractivity contribution in [3.63, 3.8) is 0 Å². The molecule has 0 aliphatic rings. The Labute approximate surface area is 131 Å². The number of hydrogen-bond acceptors (Lipinski definition) is 2. The van der Waals surface area contributed by atoms with Crippen LogP contribution in [-0.2, 0) is 11.3 Å². The summed E-state index contributed by atoms with van der Waals surface area (Å²) >= 11 is 0. The van der Waals surface area contributed by atoms with Gasteiger partial charge < -0.3 is 10.1 Å². The topological polar surface area (TPSA) is 38.3 Å². The van der Waals surface area contributed by atoms with Crippen molar-refractivity contribution in [2.75, 3.05) is 6.61 Å². The summed E-state index contributed by atoms with van der Waals surface area (Å²) in [4.78, 5) is 11.8. The van der Waals surface area contributed by atoms with Crippen LogP contribution in [0.5, 0.6) is 5.75 Å². The summed E-state index contributed by atoms with van der Waals surface area (Å²) < 4.78 is 5.52. The number of carbonyl (C=O) groups is 1. The van der Waals surface area contributed by atoms with Crippen molar-refractivity contribution in [3.8, 4) is 5.75 Å². The van der Waals surface area contributed by atoms with Gasteiger partial charge in [-0.3, -0.25) is 4.79 Å². The minimum atomic E-state index is -0.102. The summed E-state index contributed by atoms with van der Waals surface area (Å²) in [6.07, 6.45) is 4.33. The van der Waals surface area contributed by atoms with Crippen molar-refractivity contribution in [1.82, 2.24) is 5.32 Å². The number of amides is 1. The Kier molecular flexibility index (Phi) is 6.24. The van der Waals surface area contributed by atoms with Crippen LogP contribution < -0.4 is 10.1 Å². The van der Waals surface area contributed by atoms with Crippen LogP contribution >= 0.6 is 0 Å². The van der Waals surface area contributed by atoms with Gasteiger partial charge in [0.15, 0.2) is 0 Å². The Morgan fingerprint density at radius 2 is 1.82 bits per heavy atom. The van der Waals surface area contributed by atoms with E-state index in [4.69, 9.17) is 4.74 Å². The summed E-state index contributed by atoms with van der Waals surface area (Å²) in [6.45, 7) is 3.33. The zero-order valence-corrected chi connectivity index (χ0v) is 12.8. The number of ether oxygens (including phenoxy) is 1. The SMILES string of the molecule is CCCOc1ccc(/C=C/C(=O)NCc2ccccc2)cc1. The first-order chi connectivity index (χ1) is 10.8. The molecule has 22 heavy (non-hydrogen) atoms. The summed E-state index contributed by atoms with van der Waals surface area (Å²) in [5.41, 5.74) is 2.06. The van der Waals surface area contributed by atoms with Crippen LogP contribution in [-0.4, -0.2) is 12.5 Å². The third-order valence-electron chi connectivity index (χ3n) is 3.09. The third kappa shape index (κ3) is 5.44. The third-order valence-corrected chi connectivity index (χ3v) is 3.09. The maximum absolute atomic E-state index is 11.8. The molecular formula is C19H21NO2. The fourth-order valence-electron chi connectivity index (χ4n) is 1.91. The smallest absolute Gasteiger partial charge is 0.244 e. The summed E-state index contributed by atoms with van der Waals surface area (Å²) in [7, 11) is 0. The molecule has 3 nitrogen and oxygen atoms in total. The van der Waals surface area contributed by atoms with Gasteiger partial charge in [0.05, 0.1) is 6.61 Å². The average Bonchev–Trinajstić information content (AvgIpc) is 2.58. The van der Waals surface area contributed by atoms with E-state index < -0.39 is 0 Å². The molecule has 1 amide bonds.